The van der Waals surface area contributed by atoms with E-state index in [1.165, 1.54) is 0 Å². The van der Waals surface area contributed by atoms with E-state index < -0.39 is 0 Å². The average molecular weight is 289 g/mol. The van der Waals surface area contributed by atoms with Crippen LogP contribution in [-0.2, 0) is 6.42 Å². The zero-order chi connectivity index (χ0) is 15.4. The predicted octanol–water partition coefficient (Wildman–Crippen LogP) is 3.65. The van der Waals surface area contributed by atoms with Crippen LogP contribution in [0.1, 0.15) is 45.0 Å². The molecule has 0 spiro atoms. The normalized spacial score (nSPS) is 12.6. The lowest BCUT2D eigenvalue weighted by molar-refractivity contribution is 0.246. The van der Waals surface area contributed by atoms with Gasteiger partial charge in [0.25, 0.3) is 0 Å². The minimum atomic E-state index is -0.356. The molecule has 0 radical (unpaired) electrons. The number of oxazole rings is 1. The summed E-state index contributed by atoms with van der Waals surface area (Å²) in [5.74, 6) is 0.417. The summed E-state index contributed by atoms with van der Waals surface area (Å²) in [4.78, 5) is 12.2. The fraction of sp³-hybridized carbons (Fsp3) is 0.471. The van der Waals surface area contributed by atoms with Crippen LogP contribution in [0.25, 0.3) is 0 Å². The van der Waals surface area contributed by atoms with Gasteiger partial charge >= 0.3 is 11.7 Å². The minimum absolute atomic E-state index is 0.0783. The molecule has 4 nitrogen and oxygen atoms in total. The third-order valence-corrected chi connectivity index (χ3v) is 3.45. The third-order valence-electron chi connectivity index (χ3n) is 3.45. The van der Waals surface area contributed by atoms with Gasteiger partial charge in [-0.2, -0.15) is 0 Å². The van der Waals surface area contributed by atoms with E-state index in [0.29, 0.717) is 18.5 Å². The first-order valence-electron chi connectivity index (χ1n) is 7.46. The van der Waals surface area contributed by atoms with Gasteiger partial charge in [-0.1, -0.05) is 44.2 Å². The van der Waals surface area contributed by atoms with E-state index in [0.717, 1.165) is 17.7 Å². The van der Waals surface area contributed by atoms with E-state index in [-0.39, 0.29) is 11.8 Å². The van der Waals surface area contributed by atoms with Crippen LogP contribution >= 0.6 is 0 Å². The summed E-state index contributed by atoms with van der Waals surface area (Å²) in [7, 11) is 0. The molecule has 0 saturated heterocycles. The lowest BCUT2D eigenvalue weighted by atomic mass is 10.1. The molecule has 0 N–H and O–H groups in total. The maximum absolute atomic E-state index is 12.2. The van der Waals surface area contributed by atoms with Gasteiger partial charge in [-0.15, -0.1) is 0 Å². The molecule has 1 aromatic carbocycles. The largest absolute Gasteiger partial charge is 0.464 e. The van der Waals surface area contributed by atoms with Gasteiger partial charge in [-0.05, 0) is 31.7 Å². The molecule has 2 aromatic rings. The fourth-order valence-electron chi connectivity index (χ4n) is 2.48. The van der Waals surface area contributed by atoms with Crippen molar-refractivity contribution in [2.45, 2.75) is 40.2 Å². The van der Waals surface area contributed by atoms with Gasteiger partial charge in [0.2, 0.25) is 0 Å². The van der Waals surface area contributed by atoms with Crippen molar-refractivity contribution in [2.75, 3.05) is 6.61 Å². The number of rotatable bonds is 6. The second-order valence-electron chi connectivity index (χ2n) is 5.59. The number of ether oxygens (including phenoxy) is 1. The number of benzene rings is 1. The van der Waals surface area contributed by atoms with Crippen LogP contribution in [0.2, 0.25) is 0 Å². The Morgan fingerprint density at radius 3 is 2.43 bits per heavy atom. The first kappa shape index (κ1) is 15.4. The quantitative estimate of drug-likeness (QED) is 0.815. The molecule has 0 saturated carbocycles. The summed E-state index contributed by atoms with van der Waals surface area (Å²) in [6, 6.07) is 9.87. The minimum Gasteiger partial charge on any atom is -0.464 e. The van der Waals surface area contributed by atoms with Crippen LogP contribution in [-0.4, -0.2) is 11.2 Å². The molecule has 0 fully saturated rings. The summed E-state index contributed by atoms with van der Waals surface area (Å²) in [6.07, 6.45) is 0.748. The van der Waals surface area contributed by atoms with Crippen LogP contribution in [0.4, 0.5) is 0 Å². The monoisotopic (exact) mass is 289 g/mol. The number of aromatic nitrogens is 1. The average Bonchev–Trinajstić information content (AvgIpc) is 2.75. The summed E-state index contributed by atoms with van der Waals surface area (Å²) >= 11 is 0. The Labute approximate surface area is 125 Å². The highest BCUT2D eigenvalue weighted by atomic mass is 16.6. The van der Waals surface area contributed by atoms with Gasteiger partial charge in [0.05, 0.1) is 12.6 Å². The summed E-state index contributed by atoms with van der Waals surface area (Å²) in [5.41, 5.74) is 1.92. The topological polar surface area (TPSA) is 44.4 Å². The highest BCUT2D eigenvalue weighted by Gasteiger charge is 2.23. The van der Waals surface area contributed by atoms with Crippen LogP contribution in [0.3, 0.4) is 0 Å². The first-order valence-corrected chi connectivity index (χ1v) is 7.46. The molecule has 0 aliphatic carbocycles. The van der Waals surface area contributed by atoms with Gasteiger partial charge in [-0.3, -0.25) is 4.57 Å². The molecule has 2 rings (SSSR count). The summed E-state index contributed by atoms with van der Waals surface area (Å²) in [5, 5.41) is 0. The second-order valence-corrected chi connectivity index (χ2v) is 5.59. The zero-order valence-corrected chi connectivity index (χ0v) is 13.1. The van der Waals surface area contributed by atoms with Gasteiger partial charge in [0.1, 0.15) is 5.69 Å². The third kappa shape index (κ3) is 3.38. The van der Waals surface area contributed by atoms with Crippen molar-refractivity contribution >= 4 is 0 Å². The molecular weight excluding hydrogens is 266 g/mol. The molecular formula is C17H23NO3. The summed E-state index contributed by atoms with van der Waals surface area (Å²) < 4.78 is 12.5. The standard InChI is InChI=1S/C17H23NO3/c1-5-20-16-15(11-12(2)3)18(17(19)21-16)13(4)14-9-7-6-8-10-14/h6-10,12-13H,5,11H2,1-4H3. The lowest BCUT2D eigenvalue weighted by Gasteiger charge is -2.16. The van der Waals surface area contributed by atoms with Crippen LogP contribution in [0.5, 0.6) is 5.95 Å². The predicted molar refractivity (Wildman–Crippen MR) is 82.9 cm³/mol. The van der Waals surface area contributed by atoms with E-state index >= 15 is 0 Å². The van der Waals surface area contributed by atoms with Gasteiger partial charge in [0.15, 0.2) is 0 Å². The Bertz CT molecular complexity index is 625. The van der Waals surface area contributed by atoms with Gasteiger partial charge in [-0.25, -0.2) is 4.79 Å². The molecule has 114 valence electrons. The van der Waals surface area contributed by atoms with Crippen molar-refractivity contribution in [3.8, 4) is 5.95 Å². The van der Waals surface area contributed by atoms with E-state index in [9.17, 15) is 4.79 Å². The molecule has 0 amide bonds. The van der Waals surface area contributed by atoms with Crippen LogP contribution < -0.4 is 10.5 Å². The molecule has 1 atom stereocenters. The molecule has 0 aliphatic rings. The highest BCUT2D eigenvalue weighted by Crippen LogP contribution is 2.26. The van der Waals surface area contributed by atoms with Crippen molar-refractivity contribution in [1.29, 1.82) is 0 Å². The maximum atomic E-state index is 12.2. The zero-order valence-electron chi connectivity index (χ0n) is 13.1. The van der Waals surface area contributed by atoms with Gasteiger partial charge < -0.3 is 9.15 Å². The van der Waals surface area contributed by atoms with Crippen molar-refractivity contribution in [3.63, 3.8) is 0 Å². The first-order chi connectivity index (χ1) is 10.0. The Kier molecular flexibility index (Phi) is 4.89. The number of hydrogen-bond acceptors (Lipinski definition) is 3. The molecule has 21 heavy (non-hydrogen) atoms. The van der Waals surface area contributed by atoms with Crippen molar-refractivity contribution in [1.82, 2.24) is 4.57 Å². The second kappa shape index (κ2) is 6.66. The highest BCUT2D eigenvalue weighted by molar-refractivity contribution is 5.24. The number of hydrogen-bond donors (Lipinski definition) is 0. The molecule has 1 unspecified atom stereocenters. The van der Waals surface area contributed by atoms with Crippen molar-refractivity contribution < 1.29 is 9.15 Å². The lowest BCUT2D eigenvalue weighted by Crippen LogP contribution is -2.22. The SMILES string of the molecule is CCOc1oc(=O)n(C(C)c2ccccc2)c1CC(C)C. The molecule has 0 bridgehead atoms. The fourth-order valence-corrected chi connectivity index (χ4v) is 2.48. The van der Waals surface area contributed by atoms with Crippen LogP contribution in [0, 0.1) is 5.92 Å². The van der Waals surface area contributed by atoms with E-state index in [1.807, 2.05) is 44.2 Å². The molecule has 4 heteroatoms. The van der Waals surface area contributed by atoms with E-state index in [2.05, 4.69) is 13.8 Å². The maximum Gasteiger partial charge on any atom is 0.422 e. The Balaban J connectivity index is 2.48. The van der Waals surface area contributed by atoms with E-state index in [4.69, 9.17) is 9.15 Å². The van der Waals surface area contributed by atoms with Gasteiger partial charge in [0, 0.05) is 0 Å². The van der Waals surface area contributed by atoms with Crippen LogP contribution in [0.15, 0.2) is 39.5 Å². The van der Waals surface area contributed by atoms with Crippen molar-refractivity contribution in [2.24, 2.45) is 5.92 Å². The Morgan fingerprint density at radius 2 is 1.86 bits per heavy atom. The Hall–Kier alpha value is -1.97. The number of nitrogens with zero attached hydrogens (tertiary/aromatic N) is 1. The van der Waals surface area contributed by atoms with Crippen molar-refractivity contribution in [3.05, 3.63) is 52.1 Å². The van der Waals surface area contributed by atoms with E-state index in [1.54, 1.807) is 4.57 Å². The molecule has 0 aliphatic heterocycles. The molecule has 1 heterocycles. The molecule has 1 aromatic heterocycles. The smallest absolute Gasteiger partial charge is 0.422 e. The summed E-state index contributed by atoms with van der Waals surface area (Å²) in [6.45, 7) is 8.61. The Morgan fingerprint density at radius 1 is 1.19 bits per heavy atom.